The fraction of sp³-hybridized carbons (Fsp3) is 0.323. The highest BCUT2D eigenvalue weighted by molar-refractivity contribution is 6.30. The summed E-state index contributed by atoms with van der Waals surface area (Å²) in [6.45, 7) is 3.71. The van der Waals surface area contributed by atoms with Gasteiger partial charge in [0.1, 0.15) is 11.4 Å². The number of halogens is 1. The highest BCUT2D eigenvalue weighted by Crippen LogP contribution is 2.20. The van der Waals surface area contributed by atoms with Crippen molar-refractivity contribution < 1.29 is 9.90 Å². The van der Waals surface area contributed by atoms with Gasteiger partial charge in [-0.05, 0) is 66.8 Å². The first-order chi connectivity index (χ1) is 20.4. The van der Waals surface area contributed by atoms with Gasteiger partial charge in [0.05, 0.1) is 0 Å². The van der Waals surface area contributed by atoms with E-state index in [1.54, 1.807) is 30.5 Å². The number of aryl methyl sites for hydroxylation is 1. The summed E-state index contributed by atoms with van der Waals surface area (Å²) >= 11 is 6.03. The van der Waals surface area contributed by atoms with Crippen molar-refractivity contribution in [3.8, 4) is 5.75 Å². The Morgan fingerprint density at radius 3 is 2.36 bits per heavy atom. The van der Waals surface area contributed by atoms with Crippen molar-refractivity contribution in [1.82, 2.24) is 24.8 Å². The molecule has 2 aromatic carbocycles. The van der Waals surface area contributed by atoms with E-state index >= 15 is 0 Å². The molecule has 0 radical (unpaired) electrons. The van der Waals surface area contributed by atoms with Gasteiger partial charge in [-0.25, -0.2) is 0 Å². The lowest BCUT2D eigenvalue weighted by atomic mass is 10.1. The molecule has 218 valence electrons. The summed E-state index contributed by atoms with van der Waals surface area (Å²) in [6.07, 6.45) is 4.24. The number of carbonyl (C=O) groups is 1. The second-order valence-electron chi connectivity index (χ2n) is 10.2. The molecule has 3 heterocycles. The molecule has 0 spiro atoms. The summed E-state index contributed by atoms with van der Waals surface area (Å²) in [6, 6.07) is 20.5. The van der Waals surface area contributed by atoms with Gasteiger partial charge in [0.2, 0.25) is 17.8 Å². The molecular weight excluding hydrogens is 552 g/mol. The predicted octanol–water partition coefficient (Wildman–Crippen LogP) is 4.31. The lowest BCUT2D eigenvalue weighted by Gasteiger charge is -2.35. The summed E-state index contributed by atoms with van der Waals surface area (Å²) in [5, 5.41) is 13.6. The average molecular weight is 587 g/mol. The molecule has 0 atom stereocenters. The van der Waals surface area contributed by atoms with E-state index in [4.69, 9.17) is 26.6 Å². The van der Waals surface area contributed by atoms with Crippen LogP contribution in [0.25, 0.3) is 0 Å². The second-order valence-corrected chi connectivity index (χ2v) is 10.7. The Balaban J connectivity index is 1.25. The van der Waals surface area contributed by atoms with Crippen molar-refractivity contribution in [3.63, 3.8) is 0 Å². The Hall–Kier alpha value is -4.44. The third-order valence-electron chi connectivity index (χ3n) is 7.19. The topological polar surface area (TPSA) is 111 Å². The fourth-order valence-corrected chi connectivity index (χ4v) is 4.88. The van der Waals surface area contributed by atoms with Crippen LogP contribution in [0, 0.1) is 0 Å². The van der Waals surface area contributed by atoms with Gasteiger partial charge in [-0.1, -0.05) is 41.9 Å². The van der Waals surface area contributed by atoms with E-state index in [2.05, 4.69) is 27.3 Å². The van der Waals surface area contributed by atoms with Gasteiger partial charge < -0.3 is 25.1 Å². The normalized spacial score (nSPS) is 13.2. The highest BCUT2D eigenvalue weighted by Gasteiger charge is 2.25. The highest BCUT2D eigenvalue weighted by atomic mass is 35.5. The second kappa shape index (κ2) is 14.0. The molecule has 0 saturated carbocycles. The molecular formula is C31H35ClN8O2. The zero-order valence-corrected chi connectivity index (χ0v) is 24.4. The van der Waals surface area contributed by atoms with Crippen molar-refractivity contribution in [2.75, 3.05) is 61.4 Å². The van der Waals surface area contributed by atoms with Gasteiger partial charge in [-0.3, -0.25) is 9.78 Å². The molecule has 11 heteroatoms. The number of pyridine rings is 1. The van der Waals surface area contributed by atoms with E-state index in [9.17, 15) is 9.90 Å². The number of hydrogen-bond acceptors (Lipinski definition) is 9. The first-order valence-electron chi connectivity index (χ1n) is 14.1. The van der Waals surface area contributed by atoms with Crippen LogP contribution < -0.4 is 15.1 Å². The number of phenolic OH excluding ortho intramolecular Hbond substituents is 1. The molecule has 10 nitrogen and oxygen atoms in total. The Bertz CT molecular complexity index is 1450. The summed E-state index contributed by atoms with van der Waals surface area (Å²) in [7, 11) is 1.99. The molecule has 1 aliphatic rings. The molecule has 1 aliphatic heterocycles. The zero-order chi connectivity index (χ0) is 29.3. The molecule has 4 aromatic rings. The summed E-state index contributed by atoms with van der Waals surface area (Å²) < 4.78 is 0. The van der Waals surface area contributed by atoms with Crippen LogP contribution in [0.15, 0.2) is 72.9 Å². The maximum absolute atomic E-state index is 12.9. The molecule has 0 bridgehead atoms. The van der Waals surface area contributed by atoms with Crippen molar-refractivity contribution in [2.45, 2.75) is 19.3 Å². The summed E-state index contributed by atoms with van der Waals surface area (Å²) in [5.41, 5.74) is 2.79. The van der Waals surface area contributed by atoms with Crippen LogP contribution in [0.5, 0.6) is 5.75 Å². The smallest absolute Gasteiger partial charge is 0.272 e. The van der Waals surface area contributed by atoms with Crippen LogP contribution in [-0.2, 0) is 12.8 Å². The van der Waals surface area contributed by atoms with Crippen molar-refractivity contribution >= 4 is 35.4 Å². The van der Waals surface area contributed by atoms with E-state index in [0.29, 0.717) is 56.3 Å². The number of nitrogens with one attached hydrogen (secondary N) is 1. The average Bonchev–Trinajstić information content (AvgIpc) is 3.03. The van der Waals surface area contributed by atoms with Gasteiger partial charge >= 0.3 is 0 Å². The number of rotatable bonds is 11. The molecule has 0 unspecified atom stereocenters. The standard InChI is InChI=1S/C31H35ClN8O2/c1-38(18-4-5-23-7-11-25(32)12-8-23)30-35-29(34-17-15-24-9-13-26(41)14-10-24)36-31(37-30)40-21-19-39(20-22-40)28(42)27-6-2-3-16-33-27/h2-3,6-14,16,41H,4-5,15,17-22H2,1H3,(H,34,35,36,37). The predicted molar refractivity (Wildman–Crippen MR) is 166 cm³/mol. The van der Waals surface area contributed by atoms with Crippen LogP contribution in [0.1, 0.15) is 28.0 Å². The third kappa shape index (κ3) is 7.85. The van der Waals surface area contributed by atoms with E-state index in [1.807, 2.05) is 47.2 Å². The van der Waals surface area contributed by atoms with Crippen molar-refractivity contribution in [2.24, 2.45) is 0 Å². The minimum absolute atomic E-state index is 0.0661. The number of carbonyl (C=O) groups excluding carboxylic acids is 1. The number of anilines is 3. The van der Waals surface area contributed by atoms with E-state index < -0.39 is 0 Å². The summed E-state index contributed by atoms with van der Waals surface area (Å²) in [4.78, 5) is 37.4. The minimum Gasteiger partial charge on any atom is -0.508 e. The third-order valence-corrected chi connectivity index (χ3v) is 7.44. The van der Waals surface area contributed by atoms with E-state index in [0.717, 1.165) is 36.4 Å². The van der Waals surface area contributed by atoms with Crippen LogP contribution in [-0.4, -0.2) is 82.2 Å². The lowest BCUT2D eigenvalue weighted by molar-refractivity contribution is 0.0740. The molecule has 1 saturated heterocycles. The van der Waals surface area contributed by atoms with Gasteiger partial charge in [0.15, 0.2) is 0 Å². The molecule has 2 N–H and O–H groups in total. The lowest BCUT2D eigenvalue weighted by Crippen LogP contribution is -2.49. The molecule has 5 rings (SSSR count). The Morgan fingerprint density at radius 2 is 1.64 bits per heavy atom. The van der Waals surface area contributed by atoms with Crippen LogP contribution in [0.2, 0.25) is 5.02 Å². The van der Waals surface area contributed by atoms with E-state index in [-0.39, 0.29) is 11.7 Å². The zero-order valence-electron chi connectivity index (χ0n) is 23.7. The quantitative estimate of drug-likeness (QED) is 0.265. The number of aromatic hydroxyl groups is 1. The van der Waals surface area contributed by atoms with Crippen LogP contribution in [0.4, 0.5) is 17.8 Å². The van der Waals surface area contributed by atoms with Gasteiger partial charge in [-0.2, -0.15) is 15.0 Å². The minimum atomic E-state index is -0.0661. The molecule has 42 heavy (non-hydrogen) atoms. The molecule has 1 fully saturated rings. The Morgan fingerprint density at radius 1 is 0.929 bits per heavy atom. The first-order valence-corrected chi connectivity index (χ1v) is 14.5. The fourth-order valence-electron chi connectivity index (χ4n) is 4.76. The number of phenols is 1. The molecule has 2 aromatic heterocycles. The SMILES string of the molecule is CN(CCCc1ccc(Cl)cc1)c1nc(NCCc2ccc(O)cc2)nc(N2CCN(C(=O)c3ccccn3)CC2)n1. The van der Waals surface area contributed by atoms with Crippen molar-refractivity contribution in [3.05, 3.63) is 94.8 Å². The van der Waals surface area contributed by atoms with Crippen molar-refractivity contribution in [1.29, 1.82) is 0 Å². The van der Waals surface area contributed by atoms with Gasteiger partial charge in [0, 0.05) is 57.5 Å². The first kappa shape index (κ1) is 29.1. The van der Waals surface area contributed by atoms with E-state index in [1.165, 1.54) is 5.56 Å². The Labute approximate surface area is 251 Å². The number of amides is 1. The van der Waals surface area contributed by atoms with Gasteiger partial charge in [0.25, 0.3) is 5.91 Å². The largest absolute Gasteiger partial charge is 0.508 e. The molecule has 0 aliphatic carbocycles. The maximum Gasteiger partial charge on any atom is 0.272 e. The number of benzene rings is 2. The monoisotopic (exact) mass is 586 g/mol. The van der Waals surface area contributed by atoms with Crippen LogP contribution in [0.3, 0.4) is 0 Å². The molecule has 1 amide bonds. The maximum atomic E-state index is 12.9. The summed E-state index contributed by atoms with van der Waals surface area (Å²) in [5.74, 6) is 1.87. The van der Waals surface area contributed by atoms with Gasteiger partial charge in [-0.15, -0.1) is 0 Å². The number of aromatic nitrogens is 4. The number of nitrogens with zero attached hydrogens (tertiary/aromatic N) is 7. The van der Waals surface area contributed by atoms with Crippen LogP contribution >= 0.6 is 11.6 Å². The number of piperazine rings is 1. The number of hydrogen-bond donors (Lipinski definition) is 2. The Kier molecular flexibility index (Phi) is 9.66.